The van der Waals surface area contributed by atoms with Crippen LogP contribution >= 0.6 is 0 Å². The Bertz CT molecular complexity index is 823. The van der Waals surface area contributed by atoms with Crippen LogP contribution in [-0.2, 0) is 13.6 Å². The van der Waals surface area contributed by atoms with Gasteiger partial charge in [-0.15, -0.1) is 0 Å². The zero-order chi connectivity index (χ0) is 14.6. The molecule has 2 N–H and O–H groups in total. The van der Waals surface area contributed by atoms with E-state index in [0.29, 0.717) is 5.92 Å². The lowest BCUT2D eigenvalue weighted by atomic mass is 10.2. The maximum absolute atomic E-state index is 5.89. The molecular formula is C16H19N5. The van der Waals surface area contributed by atoms with Crippen LogP contribution in [0.25, 0.3) is 11.0 Å². The number of anilines is 1. The van der Waals surface area contributed by atoms with Crippen LogP contribution in [0.15, 0.2) is 24.4 Å². The highest BCUT2D eigenvalue weighted by Crippen LogP contribution is 2.41. The Hall–Kier alpha value is -2.30. The molecular weight excluding hydrogens is 262 g/mol. The predicted molar refractivity (Wildman–Crippen MR) is 83.2 cm³/mol. The smallest absolute Gasteiger partial charge is 0.113 e. The van der Waals surface area contributed by atoms with E-state index in [1.807, 2.05) is 30.1 Å². The molecule has 21 heavy (non-hydrogen) atoms. The zero-order valence-corrected chi connectivity index (χ0v) is 12.4. The summed E-state index contributed by atoms with van der Waals surface area (Å²) in [6.45, 7) is 2.93. The number of rotatable bonds is 3. The molecule has 0 atom stereocenters. The third kappa shape index (κ3) is 2.00. The number of nitrogens with two attached hydrogens (primary N) is 1. The lowest BCUT2D eigenvalue weighted by molar-refractivity contribution is 0.722. The number of aryl methyl sites for hydroxylation is 1. The fourth-order valence-corrected chi connectivity index (χ4v) is 2.85. The first kappa shape index (κ1) is 12.4. The molecule has 3 aromatic rings. The molecule has 0 radical (unpaired) electrons. The van der Waals surface area contributed by atoms with Crippen LogP contribution in [0, 0.1) is 6.92 Å². The highest BCUT2D eigenvalue weighted by Gasteiger charge is 2.29. The van der Waals surface area contributed by atoms with Crippen molar-refractivity contribution in [3.63, 3.8) is 0 Å². The third-order valence-corrected chi connectivity index (χ3v) is 4.41. The Morgan fingerprint density at radius 1 is 1.33 bits per heavy atom. The summed E-state index contributed by atoms with van der Waals surface area (Å²) in [5.41, 5.74) is 11.3. The molecule has 0 amide bonds. The Labute approximate surface area is 123 Å². The molecule has 0 spiro atoms. The van der Waals surface area contributed by atoms with E-state index in [9.17, 15) is 0 Å². The molecule has 1 aromatic carbocycles. The number of nitrogens with zero attached hydrogens (tertiary/aromatic N) is 4. The van der Waals surface area contributed by atoms with Gasteiger partial charge >= 0.3 is 0 Å². The summed E-state index contributed by atoms with van der Waals surface area (Å²) < 4.78 is 4.25. The second-order valence-electron chi connectivity index (χ2n) is 5.96. The summed E-state index contributed by atoms with van der Waals surface area (Å²) in [6.07, 6.45) is 4.44. The predicted octanol–water partition coefficient (Wildman–Crippen LogP) is 2.59. The first-order valence-corrected chi connectivity index (χ1v) is 7.36. The van der Waals surface area contributed by atoms with Gasteiger partial charge in [0.05, 0.1) is 23.8 Å². The van der Waals surface area contributed by atoms with Crippen LogP contribution in [0.3, 0.4) is 0 Å². The number of benzene rings is 1. The van der Waals surface area contributed by atoms with Crippen molar-refractivity contribution in [3.05, 3.63) is 41.5 Å². The van der Waals surface area contributed by atoms with Gasteiger partial charge < -0.3 is 10.3 Å². The molecule has 2 heterocycles. The number of fused-ring (bicyclic) bond motifs is 1. The van der Waals surface area contributed by atoms with Gasteiger partial charge in [0, 0.05) is 29.9 Å². The van der Waals surface area contributed by atoms with Gasteiger partial charge in [-0.05, 0) is 38.0 Å². The van der Waals surface area contributed by atoms with E-state index >= 15 is 0 Å². The largest absolute Gasteiger partial charge is 0.399 e. The summed E-state index contributed by atoms with van der Waals surface area (Å²) in [5, 5.41) is 4.34. The number of hydrogen-bond acceptors (Lipinski definition) is 3. The second-order valence-corrected chi connectivity index (χ2v) is 5.96. The minimum atomic E-state index is 0.607. The van der Waals surface area contributed by atoms with Crippen LogP contribution in [0.4, 0.5) is 5.69 Å². The molecule has 108 valence electrons. The Morgan fingerprint density at radius 3 is 2.81 bits per heavy atom. The Kier molecular flexibility index (Phi) is 2.58. The Balaban J connectivity index is 1.85. The highest BCUT2D eigenvalue weighted by molar-refractivity contribution is 5.80. The molecule has 0 unspecified atom stereocenters. The fraction of sp³-hybridized carbons (Fsp3) is 0.375. The van der Waals surface area contributed by atoms with Gasteiger partial charge in [0.25, 0.3) is 0 Å². The van der Waals surface area contributed by atoms with Crippen molar-refractivity contribution in [1.29, 1.82) is 0 Å². The normalized spacial score (nSPS) is 15.0. The van der Waals surface area contributed by atoms with Gasteiger partial charge in [0.2, 0.25) is 0 Å². The average Bonchev–Trinajstić information content (AvgIpc) is 3.19. The third-order valence-electron chi connectivity index (χ3n) is 4.41. The molecule has 0 bridgehead atoms. The maximum Gasteiger partial charge on any atom is 0.113 e. The van der Waals surface area contributed by atoms with E-state index in [4.69, 9.17) is 10.7 Å². The van der Waals surface area contributed by atoms with Gasteiger partial charge in [-0.1, -0.05) is 0 Å². The summed E-state index contributed by atoms with van der Waals surface area (Å²) in [7, 11) is 1.98. The monoisotopic (exact) mass is 281 g/mol. The first-order chi connectivity index (χ1) is 10.1. The number of nitrogen functional groups attached to an aromatic ring is 1. The lowest BCUT2D eigenvalue weighted by Crippen LogP contribution is -2.05. The van der Waals surface area contributed by atoms with Gasteiger partial charge in [-0.2, -0.15) is 5.10 Å². The van der Waals surface area contributed by atoms with E-state index in [1.165, 1.54) is 29.9 Å². The first-order valence-electron chi connectivity index (χ1n) is 7.36. The molecule has 1 saturated carbocycles. The lowest BCUT2D eigenvalue weighted by Gasteiger charge is -2.08. The highest BCUT2D eigenvalue weighted by atomic mass is 15.3. The second kappa shape index (κ2) is 4.35. The van der Waals surface area contributed by atoms with E-state index in [0.717, 1.165) is 23.3 Å². The minimum absolute atomic E-state index is 0.607. The quantitative estimate of drug-likeness (QED) is 0.751. The van der Waals surface area contributed by atoms with Crippen LogP contribution in [-0.4, -0.2) is 19.3 Å². The van der Waals surface area contributed by atoms with Crippen LogP contribution in [0.1, 0.15) is 35.8 Å². The summed E-state index contributed by atoms with van der Waals surface area (Å²) in [6, 6.07) is 6.00. The average molecular weight is 281 g/mol. The molecule has 4 rings (SSSR count). The van der Waals surface area contributed by atoms with Gasteiger partial charge in [-0.25, -0.2) is 4.98 Å². The summed E-state index contributed by atoms with van der Waals surface area (Å²) >= 11 is 0. The minimum Gasteiger partial charge on any atom is -0.399 e. The van der Waals surface area contributed by atoms with Gasteiger partial charge in [0.15, 0.2) is 0 Å². The molecule has 5 heteroatoms. The number of hydrogen-bond donors (Lipinski definition) is 1. The molecule has 1 aliphatic rings. The SMILES string of the molecule is Cc1c(Cn2c(C3CC3)nc3cc(N)ccc32)cnn1C. The molecule has 2 aromatic heterocycles. The van der Waals surface area contributed by atoms with Crippen molar-refractivity contribution >= 4 is 16.7 Å². The van der Waals surface area contributed by atoms with Crippen molar-refractivity contribution in [1.82, 2.24) is 19.3 Å². The van der Waals surface area contributed by atoms with Crippen molar-refractivity contribution in [2.24, 2.45) is 7.05 Å². The topological polar surface area (TPSA) is 61.7 Å². The molecule has 5 nitrogen and oxygen atoms in total. The summed E-state index contributed by atoms with van der Waals surface area (Å²) in [5.74, 6) is 1.80. The van der Waals surface area contributed by atoms with E-state index in [2.05, 4.69) is 22.7 Å². The standard InChI is InChI=1S/C16H19N5/c1-10-12(8-18-20(10)2)9-21-15-6-5-13(17)7-14(15)19-16(21)11-3-4-11/h5-8,11H,3-4,9,17H2,1-2H3. The molecule has 0 aliphatic heterocycles. The number of imidazole rings is 1. The van der Waals surface area contributed by atoms with Crippen molar-refractivity contribution in [3.8, 4) is 0 Å². The number of aromatic nitrogens is 4. The van der Waals surface area contributed by atoms with Gasteiger partial charge in [-0.3, -0.25) is 4.68 Å². The van der Waals surface area contributed by atoms with Crippen molar-refractivity contribution in [2.45, 2.75) is 32.2 Å². The van der Waals surface area contributed by atoms with Crippen LogP contribution < -0.4 is 5.73 Å². The van der Waals surface area contributed by atoms with Crippen LogP contribution in [0.5, 0.6) is 0 Å². The van der Waals surface area contributed by atoms with E-state index in [1.54, 1.807) is 0 Å². The van der Waals surface area contributed by atoms with E-state index in [-0.39, 0.29) is 0 Å². The van der Waals surface area contributed by atoms with Crippen LogP contribution in [0.2, 0.25) is 0 Å². The van der Waals surface area contributed by atoms with Crippen molar-refractivity contribution in [2.75, 3.05) is 5.73 Å². The summed E-state index contributed by atoms with van der Waals surface area (Å²) in [4.78, 5) is 4.82. The van der Waals surface area contributed by atoms with Gasteiger partial charge in [0.1, 0.15) is 5.82 Å². The Morgan fingerprint density at radius 2 is 2.14 bits per heavy atom. The zero-order valence-electron chi connectivity index (χ0n) is 12.4. The maximum atomic E-state index is 5.89. The molecule has 0 saturated heterocycles. The fourth-order valence-electron chi connectivity index (χ4n) is 2.85. The molecule has 1 fully saturated rings. The van der Waals surface area contributed by atoms with Crippen molar-refractivity contribution < 1.29 is 0 Å². The van der Waals surface area contributed by atoms with E-state index < -0.39 is 0 Å². The molecule has 1 aliphatic carbocycles.